The second-order valence-electron chi connectivity index (χ2n) is 6.04. The van der Waals surface area contributed by atoms with E-state index in [1.54, 1.807) is 12.1 Å². The lowest BCUT2D eigenvalue weighted by atomic mass is 10.0. The predicted octanol–water partition coefficient (Wildman–Crippen LogP) is 3.98. The lowest BCUT2D eigenvalue weighted by Gasteiger charge is -2.36. The average Bonchev–Trinajstić information content (AvgIpc) is 3.24. The van der Waals surface area contributed by atoms with Crippen LogP contribution in [0.15, 0.2) is 51.6 Å². The average molecular weight is 378 g/mol. The van der Waals surface area contributed by atoms with Gasteiger partial charge in [-0.25, -0.2) is 4.79 Å². The molecular weight excluding hydrogens is 365 g/mol. The van der Waals surface area contributed by atoms with Gasteiger partial charge in [0.15, 0.2) is 5.76 Å². The van der Waals surface area contributed by atoms with Gasteiger partial charge in [0.05, 0.1) is 17.7 Å². The van der Waals surface area contributed by atoms with Crippen molar-refractivity contribution in [1.29, 1.82) is 0 Å². The van der Waals surface area contributed by atoms with E-state index in [2.05, 4.69) is 15.5 Å². The van der Waals surface area contributed by atoms with Crippen molar-refractivity contribution in [1.82, 2.24) is 15.0 Å². The van der Waals surface area contributed by atoms with Gasteiger partial charge < -0.3 is 19.2 Å². The molecule has 0 saturated carbocycles. The molecule has 3 aromatic rings. The lowest BCUT2D eigenvalue weighted by Crippen LogP contribution is -2.50. The molecule has 140 valence electrons. The molecule has 1 N–H and O–H groups in total. The molecule has 1 aromatic carbocycles. The van der Waals surface area contributed by atoms with Gasteiger partial charge in [0.1, 0.15) is 0 Å². The summed E-state index contributed by atoms with van der Waals surface area (Å²) >= 11 is 0. The van der Waals surface area contributed by atoms with Gasteiger partial charge in [-0.1, -0.05) is 11.2 Å². The standard InChI is InChI=1S/C17H13F3N4O3/c18-17(19,20)11-3-1-4-12(7-11)21-16(25)24-8-10(9-24)15-22-14(23-27-15)13-5-2-6-26-13/h1-7,10H,8-9H2,(H,21,25). The van der Waals surface area contributed by atoms with E-state index in [9.17, 15) is 18.0 Å². The van der Waals surface area contributed by atoms with Crippen LogP contribution in [-0.2, 0) is 6.18 Å². The number of benzene rings is 1. The van der Waals surface area contributed by atoms with Crippen LogP contribution in [0.5, 0.6) is 0 Å². The normalized spacial score (nSPS) is 14.9. The number of carbonyl (C=O) groups excluding carboxylic acids is 1. The maximum absolute atomic E-state index is 12.7. The quantitative estimate of drug-likeness (QED) is 0.745. The zero-order valence-electron chi connectivity index (χ0n) is 13.7. The largest absolute Gasteiger partial charge is 0.461 e. The smallest absolute Gasteiger partial charge is 0.416 e. The molecular formula is C17H13F3N4O3. The van der Waals surface area contributed by atoms with Crippen molar-refractivity contribution in [2.45, 2.75) is 12.1 Å². The monoisotopic (exact) mass is 378 g/mol. The van der Waals surface area contributed by atoms with E-state index in [1.807, 2.05) is 0 Å². The van der Waals surface area contributed by atoms with Crippen LogP contribution in [0.2, 0.25) is 0 Å². The van der Waals surface area contributed by atoms with Crippen LogP contribution in [0, 0.1) is 0 Å². The van der Waals surface area contributed by atoms with Gasteiger partial charge in [0.25, 0.3) is 0 Å². The number of hydrogen-bond acceptors (Lipinski definition) is 5. The number of hydrogen-bond donors (Lipinski definition) is 1. The van der Waals surface area contributed by atoms with Crippen molar-refractivity contribution in [3.8, 4) is 11.6 Å². The molecule has 0 spiro atoms. The Bertz CT molecular complexity index is 946. The first-order valence-electron chi connectivity index (χ1n) is 8.01. The molecule has 27 heavy (non-hydrogen) atoms. The van der Waals surface area contributed by atoms with Crippen LogP contribution < -0.4 is 5.32 Å². The summed E-state index contributed by atoms with van der Waals surface area (Å²) in [5.41, 5.74) is -0.741. The Kier molecular flexibility index (Phi) is 4.09. The summed E-state index contributed by atoms with van der Waals surface area (Å²) in [5, 5.41) is 6.29. The highest BCUT2D eigenvalue weighted by Crippen LogP contribution is 2.31. The van der Waals surface area contributed by atoms with Gasteiger partial charge in [-0.2, -0.15) is 18.2 Å². The number of aromatic nitrogens is 2. The summed E-state index contributed by atoms with van der Waals surface area (Å²) in [7, 11) is 0. The summed E-state index contributed by atoms with van der Waals surface area (Å²) in [5.74, 6) is 1.04. The summed E-state index contributed by atoms with van der Waals surface area (Å²) in [6.45, 7) is 0.648. The molecule has 1 aliphatic rings. The van der Waals surface area contributed by atoms with Crippen LogP contribution in [0.1, 0.15) is 17.4 Å². The van der Waals surface area contributed by atoms with Crippen molar-refractivity contribution in [2.24, 2.45) is 0 Å². The predicted molar refractivity (Wildman–Crippen MR) is 86.8 cm³/mol. The molecule has 3 heterocycles. The van der Waals surface area contributed by atoms with Gasteiger partial charge >= 0.3 is 12.2 Å². The number of amides is 2. The fraction of sp³-hybridized carbons (Fsp3) is 0.235. The molecule has 1 aliphatic heterocycles. The zero-order chi connectivity index (χ0) is 19.0. The molecule has 1 saturated heterocycles. The fourth-order valence-electron chi connectivity index (χ4n) is 2.68. The molecule has 10 heteroatoms. The minimum Gasteiger partial charge on any atom is -0.461 e. The first-order chi connectivity index (χ1) is 12.9. The highest BCUT2D eigenvalue weighted by Gasteiger charge is 2.36. The second kappa shape index (κ2) is 6.45. The van der Waals surface area contributed by atoms with Crippen molar-refractivity contribution < 1.29 is 26.9 Å². The molecule has 0 unspecified atom stereocenters. The van der Waals surface area contributed by atoms with Crippen molar-refractivity contribution in [3.05, 3.63) is 54.1 Å². The SMILES string of the molecule is O=C(Nc1cccc(C(F)(F)F)c1)N1CC(c2nc(-c3ccco3)no2)C1. The van der Waals surface area contributed by atoms with E-state index < -0.39 is 17.8 Å². The van der Waals surface area contributed by atoms with Gasteiger partial charge in [0.2, 0.25) is 11.7 Å². The fourth-order valence-corrected chi connectivity index (χ4v) is 2.68. The van der Waals surface area contributed by atoms with Crippen molar-refractivity contribution >= 4 is 11.7 Å². The van der Waals surface area contributed by atoms with Crippen molar-refractivity contribution in [3.63, 3.8) is 0 Å². The minimum absolute atomic E-state index is 0.0798. The Balaban J connectivity index is 1.35. The van der Waals surface area contributed by atoms with E-state index in [4.69, 9.17) is 8.94 Å². The maximum atomic E-state index is 12.7. The van der Waals surface area contributed by atoms with Crippen LogP contribution in [0.25, 0.3) is 11.6 Å². The number of alkyl halides is 3. The Morgan fingerprint density at radius 3 is 2.74 bits per heavy atom. The van der Waals surface area contributed by atoms with Gasteiger partial charge in [-0.3, -0.25) is 0 Å². The molecule has 7 nitrogen and oxygen atoms in total. The topological polar surface area (TPSA) is 84.4 Å². The molecule has 0 radical (unpaired) electrons. The Labute approximate surface area is 150 Å². The van der Waals surface area contributed by atoms with Gasteiger partial charge in [-0.05, 0) is 30.3 Å². The number of halogens is 3. The molecule has 2 amide bonds. The zero-order valence-corrected chi connectivity index (χ0v) is 13.7. The number of urea groups is 1. The summed E-state index contributed by atoms with van der Waals surface area (Å²) < 4.78 is 48.6. The number of likely N-dealkylation sites (tertiary alicyclic amines) is 1. The Morgan fingerprint density at radius 1 is 1.22 bits per heavy atom. The van der Waals surface area contributed by atoms with Crippen LogP contribution in [0.3, 0.4) is 0 Å². The molecule has 0 bridgehead atoms. The number of rotatable bonds is 3. The number of nitrogens with zero attached hydrogens (tertiary/aromatic N) is 3. The Hall–Kier alpha value is -3.30. The van der Waals surface area contributed by atoms with E-state index in [1.165, 1.54) is 23.3 Å². The van der Waals surface area contributed by atoms with Gasteiger partial charge in [-0.15, -0.1) is 0 Å². The first-order valence-corrected chi connectivity index (χ1v) is 8.01. The van der Waals surface area contributed by atoms with E-state index in [0.29, 0.717) is 30.6 Å². The summed E-state index contributed by atoms with van der Waals surface area (Å²) in [6, 6.07) is 7.39. The first kappa shape index (κ1) is 17.1. The summed E-state index contributed by atoms with van der Waals surface area (Å²) in [4.78, 5) is 17.9. The third-order valence-corrected chi connectivity index (χ3v) is 4.14. The highest BCUT2D eigenvalue weighted by atomic mass is 19.4. The van der Waals surface area contributed by atoms with Gasteiger partial charge in [0, 0.05) is 18.8 Å². The summed E-state index contributed by atoms with van der Waals surface area (Å²) in [6.07, 6.45) is -2.97. The third kappa shape index (κ3) is 3.50. The minimum atomic E-state index is -4.47. The number of carbonyl (C=O) groups is 1. The molecule has 4 rings (SSSR count). The van der Waals surface area contributed by atoms with E-state index >= 15 is 0 Å². The second-order valence-corrected chi connectivity index (χ2v) is 6.04. The molecule has 0 atom stereocenters. The molecule has 0 aliphatic carbocycles. The number of furan rings is 1. The maximum Gasteiger partial charge on any atom is 0.416 e. The number of nitrogens with one attached hydrogen (secondary N) is 1. The van der Waals surface area contributed by atoms with E-state index in [-0.39, 0.29) is 11.6 Å². The van der Waals surface area contributed by atoms with Crippen LogP contribution in [-0.4, -0.2) is 34.2 Å². The lowest BCUT2D eigenvalue weighted by molar-refractivity contribution is -0.137. The van der Waals surface area contributed by atoms with Crippen LogP contribution in [0.4, 0.5) is 23.7 Å². The molecule has 2 aromatic heterocycles. The number of anilines is 1. The third-order valence-electron chi connectivity index (χ3n) is 4.14. The highest BCUT2D eigenvalue weighted by molar-refractivity contribution is 5.90. The Morgan fingerprint density at radius 2 is 2.04 bits per heavy atom. The van der Waals surface area contributed by atoms with Crippen molar-refractivity contribution in [2.75, 3.05) is 18.4 Å². The van der Waals surface area contributed by atoms with Crippen LogP contribution >= 0.6 is 0 Å². The van der Waals surface area contributed by atoms with E-state index in [0.717, 1.165) is 12.1 Å². The molecule has 1 fully saturated rings.